The molecule has 0 aromatic carbocycles. The molecule has 2 unspecified atom stereocenters. The van der Waals surface area contributed by atoms with Crippen LogP contribution in [-0.2, 0) is 32.0 Å². The molecule has 16 heteroatoms. The van der Waals surface area contributed by atoms with Gasteiger partial charge in [-0.2, -0.15) is 0 Å². The molecule has 0 saturated carbocycles. The zero-order chi connectivity index (χ0) is 35.8. The minimum atomic E-state index is -1.72. The molecule has 2 N–H and O–H groups in total. The van der Waals surface area contributed by atoms with Gasteiger partial charge in [-0.05, 0) is 98.3 Å². The molecule has 0 aliphatic heterocycles. The van der Waals surface area contributed by atoms with Crippen molar-refractivity contribution in [3.63, 3.8) is 0 Å². The van der Waals surface area contributed by atoms with Gasteiger partial charge in [0.05, 0.1) is 25.4 Å². The largest absolute Gasteiger partial charge is 0.397 e. The topological polar surface area (TPSA) is 116 Å². The van der Waals surface area contributed by atoms with E-state index in [4.69, 9.17) is 27.2 Å². The average molecular weight is 754 g/mol. The summed E-state index contributed by atoms with van der Waals surface area (Å²) in [5, 5.41) is 21.2. The Morgan fingerprint density at radius 1 is 0.652 bits per heavy atom. The Morgan fingerprint density at radius 3 is 1.22 bits per heavy atom. The maximum atomic E-state index is 12.8. The molecular weight excluding hydrogens is 687 g/mol. The highest BCUT2D eigenvalue weighted by atomic mass is 28.4. The quantitative estimate of drug-likeness (QED) is 0.0509. The Bertz CT molecular complexity index is 772. The molecule has 0 rings (SSSR count). The molecule has 0 heterocycles. The third-order valence-corrected chi connectivity index (χ3v) is 12.6. The molecule has 0 fully saturated rings. The number of hydrogen-bond donors (Lipinski definition) is 2. The predicted molar refractivity (Wildman–Crippen MR) is 201 cm³/mol. The lowest BCUT2D eigenvalue weighted by molar-refractivity contribution is -0.131. The lowest BCUT2D eigenvalue weighted by atomic mass is 10.2. The highest BCUT2D eigenvalue weighted by Crippen LogP contribution is 2.16. The second-order valence-corrected chi connectivity index (χ2v) is 36.2. The van der Waals surface area contributed by atoms with Crippen LogP contribution in [0.1, 0.15) is 19.8 Å². The number of aliphatic hydroxyl groups excluding tert-OH is 2. The van der Waals surface area contributed by atoms with Crippen LogP contribution in [0, 0.1) is 0 Å². The summed E-state index contributed by atoms with van der Waals surface area (Å²) in [6.07, 6.45) is -0.118. The van der Waals surface area contributed by atoms with Gasteiger partial charge in [0.25, 0.3) is 0 Å². The van der Waals surface area contributed by atoms with Crippen LogP contribution in [-0.4, -0.2) is 137 Å². The van der Waals surface area contributed by atoms with Gasteiger partial charge in [-0.15, -0.1) is 0 Å². The van der Waals surface area contributed by atoms with E-state index >= 15 is 0 Å². The van der Waals surface area contributed by atoms with E-state index < -0.39 is 45.5 Å². The average Bonchev–Trinajstić information content (AvgIpc) is 2.83. The van der Waals surface area contributed by atoms with Gasteiger partial charge in [-0.25, -0.2) is 0 Å². The van der Waals surface area contributed by atoms with Crippen LogP contribution in [0.2, 0.25) is 90.7 Å². The fraction of sp³-hybridized carbons (Fsp3) is 0.900. The molecule has 2 atom stereocenters. The molecule has 0 aromatic heterocycles. The van der Waals surface area contributed by atoms with Gasteiger partial charge in [-0.3, -0.25) is 4.79 Å². The summed E-state index contributed by atoms with van der Waals surface area (Å²) in [5.41, 5.74) is 0.342. The zero-order valence-electron chi connectivity index (χ0n) is 31.3. The standard InChI is InChI=1S/C30H67NO9Si6/c1-25(2)28(34)31(21-26(32)23-35-17-15-19-41-29(37-43(3,4)5)38-44(6,7)8)22-27(33)24-36-18-16-20-42-30(39-45(9,10)11)40-46(12,13)14/h26-27,29-30,32-33H,1,15-24H2,2-14H3. The second-order valence-electron chi connectivity index (χ2n) is 15.6. The molecule has 10 nitrogen and oxygen atoms in total. The van der Waals surface area contributed by atoms with Crippen molar-refractivity contribution in [2.24, 2.45) is 0 Å². The van der Waals surface area contributed by atoms with Gasteiger partial charge in [0, 0.05) is 31.9 Å². The summed E-state index contributed by atoms with van der Waals surface area (Å²) in [7, 11) is -5.81. The van der Waals surface area contributed by atoms with Gasteiger partial charge in [-0.1, -0.05) is 18.7 Å². The number of hydrogen-bond acceptors (Lipinski definition) is 9. The van der Waals surface area contributed by atoms with Crippen molar-refractivity contribution in [2.75, 3.05) is 39.5 Å². The first-order chi connectivity index (χ1) is 20.9. The molecule has 0 aliphatic rings. The summed E-state index contributed by atoms with van der Waals surface area (Å²) in [6, 6.07) is 1.84. The minimum Gasteiger partial charge on any atom is -0.397 e. The van der Waals surface area contributed by atoms with Crippen LogP contribution in [0.4, 0.5) is 0 Å². The molecule has 0 aromatic rings. The van der Waals surface area contributed by atoms with Crippen molar-refractivity contribution in [1.82, 2.24) is 4.90 Å². The summed E-state index contributed by atoms with van der Waals surface area (Å²) < 4.78 is 36.5. The number of amides is 1. The van der Waals surface area contributed by atoms with E-state index in [0.29, 0.717) is 37.8 Å². The predicted octanol–water partition coefficient (Wildman–Crippen LogP) is 5.14. The fourth-order valence-electron chi connectivity index (χ4n) is 3.85. The molecule has 0 spiro atoms. The molecule has 270 valence electrons. The van der Waals surface area contributed by atoms with Crippen LogP contribution < -0.4 is 0 Å². The smallest absolute Gasteiger partial charge is 0.249 e. The lowest BCUT2D eigenvalue weighted by Crippen LogP contribution is -2.44. The van der Waals surface area contributed by atoms with Crippen molar-refractivity contribution in [2.45, 2.75) is 134 Å². The van der Waals surface area contributed by atoms with Crippen molar-refractivity contribution in [3.05, 3.63) is 12.2 Å². The maximum absolute atomic E-state index is 12.8. The third kappa shape index (κ3) is 28.1. The summed E-state index contributed by atoms with van der Waals surface area (Å²) in [6.45, 7) is 32.7. The van der Waals surface area contributed by atoms with Gasteiger partial charge in [0.2, 0.25) is 5.91 Å². The van der Waals surface area contributed by atoms with E-state index in [1.807, 2.05) is 0 Å². The van der Waals surface area contributed by atoms with Crippen LogP contribution in [0.5, 0.6) is 0 Å². The number of carbonyl (C=O) groups excluding carboxylic acids is 1. The Hall–Kier alpha value is 0.191. The number of carbonyl (C=O) groups is 1. The summed E-state index contributed by atoms with van der Waals surface area (Å²) >= 11 is 0. The van der Waals surface area contributed by atoms with Gasteiger partial charge >= 0.3 is 0 Å². The fourth-order valence-corrected chi connectivity index (χ4v) is 13.5. The first-order valence-corrected chi connectivity index (χ1v) is 32.7. The zero-order valence-corrected chi connectivity index (χ0v) is 37.3. The maximum Gasteiger partial charge on any atom is 0.249 e. The highest BCUT2D eigenvalue weighted by molar-refractivity contribution is 6.72. The van der Waals surface area contributed by atoms with Crippen molar-refractivity contribution in [3.8, 4) is 0 Å². The number of rotatable bonds is 27. The van der Waals surface area contributed by atoms with E-state index in [0.717, 1.165) is 24.9 Å². The van der Waals surface area contributed by atoms with Crippen LogP contribution in [0.15, 0.2) is 12.2 Å². The molecule has 0 saturated heterocycles. The lowest BCUT2D eigenvalue weighted by Gasteiger charge is -2.31. The Morgan fingerprint density at radius 2 is 0.957 bits per heavy atom. The first-order valence-electron chi connectivity index (χ1n) is 16.5. The van der Waals surface area contributed by atoms with Crippen LogP contribution >= 0.6 is 0 Å². The van der Waals surface area contributed by atoms with E-state index in [2.05, 4.69) is 85.1 Å². The van der Waals surface area contributed by atoms with Gasteiger partial charge < -0.3 is 42.3 Å². The highest BCUT2D eigenvalue weighted by Gasteiger charge is 2.28. The molecule has 0 aliphatic carbocycles. The van der Waals surface area contributed by atoms with Crippen molar-refractivity contribution < 1.29 is 42.2 Å². The third-order valence-electron chi connectivity index (χ3n) is 5.53. The first kappa shape index (κ1) is 46.2. The number of ether oxygens (including phenoxy) is 2. The van der Waals surface area contributed by atoms with Crippen LogP contribution in [0.25, 0.3) is 0 Å². The van der Waals surface area contributed by atoms with E-state index in [1.54, 1.807) is 6.92 Å². The normalized spacial score (nSPS) is 14.6. The van der Waals surface area contributed by atoms with Gasteiger partial charge in [0.15, 0.2) is 33.3 Å². The van der Waals surface area contributed by atoms with E-state index in [-0.39, 0.29) is 44.0 Å². The molecule has 1 amide bonds. The monoisotopic (exact) mass is 753 g/mol. The summed E-state index contributed by atoms with van der Waals surface area (Å²) in [5.74, 6) is -0.623. The summed E-state index contributed by atoms with van der Waals surface area (Å²) in [4.78, 5) is 14.2. The Labute approximate surface area is 290 Å². The van der Waals surface area contributed by atoms with Gasteiger partial charge in [0.1, 0.15) is 30.9 Å². The Balaban J connectivity index is 4.58. The van der Waals surface area contributed by atoms with Crippen molar-refractivity contribution >= 4 is 58.2 Å². The Kier molecular flexibility index (Phi) is 22.2. The minimum absolute atomic E-state index is 0.0391. The molecule has 0 bridgehead atoms. The SMILES string of the molecule is C=C(C)C(=O)N(CC(O)COCCC[Si]C(O[Si](C)(C)C)O[Si](C)(C)C)CC(O)COCCC[Si]C(O[Si](C)(C)C)O[Si](C)(C)C. The van der Waals surface area contributed by atoms with Crippen LogP contribution in [0.3, 0.4) is 0 Å². The van der Waals surface area contributed by atoms with Crippen molar-refractivity contribution in [1.29, 1.82) is 0 Å². The number of aliphatic hydroxyl groups is 2. The molecule has 4 radical (unpaired) electrons. The molecular formula is C30H67NO9Si6. The van der Waals surface area contributed by atoms with E-state index in [1.165, 1.54) is 4.90 Å². The number of nitrogens with zero attached hydrogens (tertiary/aromatic N) is 1. The molecule has 46 heavy (non-hydrogen) atoms. The van der Waals surface area contributed by atoms with E-state index in [9.17, 15) is 15.0 Å². The second kappa shape index (κ2) is 22.1.